The van der Waals surface area contributed by atoms with E-state index in [4.69, 9.17) is 0 Å². The molecular weight excluding hydrogens is 284 g/mol. The average molecular weight is 302 g/mol. The number of nitrogens with one attached hydrogen (secondary N) is 1. The molecule has 2 aromatic heterocycles. The first-order valence-electron chi connectivity index (χ1n) is 7.11. The van der Waals surface area contributed by atoms with Crippen LogP contribution < -0.4 is 5.32 Å². The first kappa shape index (κ1) is 14.2. The van der Waals surface area contributed by atoms with Crippen molar-refractivity contribution in [2.24, 2.45) is 0 Å². The molecule has 0 aromatic carbocycles. The highest BCUT2D eigenvalue weighted by molar-refractivity contribution is 7.07. The topological polar surface area (TPSA) is 58.1 Å². The van der Waals surface area contributed by atoms with E-state index < -0.39 is 0 Å². The Morgan fingerprint density at radius 3 is 3.00 bits per heavy atom. The van der Waals surface area contributed by atoms with Crippen LogP contribution >= 0.6 is 11.3 Å². The largest absolute Gasteiger partial charge is 0.293 e. The Hall–Kier alpha value is -1.79. The minimum absolute atomic E-state index is 0.0525. The molecule has 1 fully saturated rings. The smallest absolute Gasteiger partial charge is 0.243 e. The number of amides is 1. The van der Waals surface area contributed by atoms with Crippen LogP contribution in [0.1, 0.15) is 31.4 Å². The van der Waals surface area contributed by atoms with Gasteiger partial charge < -0.3 is 0 Å². The molecule has 2 atom stereocenters. The summed E-state index contributed by atoms with van der Waals surface area (Å²) in [6, 6.07) is 4.03. The first-order chi connectivity index (χ1) is 10.3. The summed E-state index contributed by atoms with van der Waals surface area (Å²) >= 11 is 1.70. The van der Waals surface area contributed by atoms with Gasteiger partial charge in [0.2, 0.25) is 11.9 Å². The van der Waals surface area contributed by atoms with Crippen molar-refractivity contribution in [2.75, 3.05) is 11.9 Å². The van der Waals surface area contributed by atoms with Crippen molar-refractivity contribution < 1.29 is 4.79 Å². The monoisotopic (exact) mass is 302 g/mol. The standard InChI is InChI=1S/C15H18N4OS/c1-11(14(20)18-15-16-6-3-7-17-15)19-8-2-4-13(19)12-5-9-21-10-12/h3,5-7,9-11,13H,2,4,8H2,1H3,(H,16,17,18,20)/t11-,13-/m1/s1. The fraction of sp³-hybridized carbons (Fsp3) is 0.400. The highest BCUT2D eigenvalue weighted by atomic mass is 32.1. The molecule has 3 heterocycles. The Bertz CT molecular complexity index is 587. The molecule has 21 heavy (non-hydrogen) atoms. The Morgan fingerprint density at radius 1 is 1.48 bits per heavy atom. The van der Waals surface area contributed by atoms with Gasteiger partial charge in [0, 0.05) is 18.4 Å². The number of likely N-dealkylation sites (tertiary alicyclic amines) is 1. The van der Waals surface area contributed by atoms with Crippen LogP contribution in [0, 0.1) is 0 Å². The first-order valence-corrected chi connectivity index (χ1v) is 8.05. The van der Waals surface area contributed by atoms with Gasteiger partial charge in [0.25, 0.3) is 0 Å². The van der Waals surface area contributed by atoms with Crippen LogP contribution in [0.5, 0.6) is 0 Å². The Balaban J connectivity index is 1.69. The van der Waals surface area contributed by atoms with Gasteiger partial charge in [0.1, 0.15) is 0 Å². The van der Waals surface area contributed by atoms with E-state index >= 15 is 0 Å². The molecule has 0 radical (unpaired) electrons. The van der Waals surface area contributed by atoms with Gasteiger partial charge in [0.05, 0.1) is 6.04 Å². The highest BCUT2D eigenvalue weighted by Crippen LogP contribution is 2.34. The van der Waals surface area contributed by atoms with Gasteiger partial charge in [-0.05, 0) is 54.8 Å². The van der Waals surface area contributed by atoms with Crippen molar-refractivity contribution in [1.29, 1.82) is 0 Å². The predicted octanol–water partition coefficient (Wildman–Crippen LogP) is 2.70. The minimum atomic E-state index is -0.193. The van der Waals surface area contributed by atoms with Gasteiger partial charge in [-0.3, -0.25) is 15.0 Å². The fourth-order valence-electron chi connectivity index (χ4n) is 2.80. The van der Waals surface area contributed by atoms with Gasteiger partial charge in [0.15, 0.2) is 0 Å². The van der Waals surface area contributed by atoms with Crippen molar-refractivity contribution >= 4 is 23.2 Å². The summed E-state index contributed by atoms with van der Waals surface area (Å²) in [5.74, 6) is 0.309. The molecule has 1 aliphatic rings. The Kier molecular flexibility index (Phi) is 4.26. The number of hydrogen-bond donors (Lipinski definition) is 1. The van der Waals surface area contributed by atoms with Gasteiger partial charge in [-0.25, -0.2) is 9.97 Å². The molecule has 1 aliphatic heterocycles. The lowest BCUT2D eigenvalue weighted by atomic mass is 10.1. The number of aromatic nitrogens is 2. The van der Waals surface area contributed by atoms with E-state index in [9.17, 15) is 4.79 Å². The summed E-state index contributed by atoms with van der Waals surface area (Å²) in [7, 11) is 0. The van der Waals surface area contributed by atoms with Crippen LogP contribution in [0.4, 0.5) is 5.95 Å². The molecule has 1 saturated heterocycles. The summed E-state index contributed by atoms with van der Waals surface area (Å²) < 4.78 is 0. The number of nitrogens with zero attached hydrogens (tertiary/aromatic N) is 3. The number of carbonyl (C=O) groups is 1. The number of anilines is 1. The van der Waals surface area contributed by atoms with Crippen LogP contribution in [0.15, 0.2) is 35.3 Å². The van der Waals surface area contributed by atoms with Crippen molar-refractivity contribution in [3.05, 3.63) is 40.8 Å². The maximum Gasteiger partial charge on any atom is 0.243 e. The molecule has 0 saturated carbocycles. The van der Waals surface area contributed by atoms with Crippen LogP contribution in [0.3, 0.4) is 0 Å². The van der Waals surface area contributed by atoms with Crippen molar-refractivity contribution in [3.63, 3.8) is 0 Å². The third kappa shape index (κ3) is 3.11. The molecule has 3 rings (SSSR count). The second-order valence-corrected chi connectivity index (χ2v) is 5.97. The zero-order valence-electron chi connectivity index (χ0n) is 11.9. The molecule has 1 amide bonds. The molecule has 6 heteroatoms. The van der Waals surface area contributed by atoms with Crippen LogP contribution in [-0.4, -0.2) is 33.4 Å². The number of hydrogen-bond acceptors (Lipinski definition) is 5. The zero-order valence-corrected chi connectivity index (χ0v) is 12.7. The van der Waals surface area contributed by atoms with E-state index in [1.54, 1.807) is 29.8 Å². The van der Waals surface area contributed by atoms with Gasteiger partial charge >= 0.3 is 0 Å². The predicted molar refractivity (Wildman–Crippen MR) is 83.1 cm³/mol. The molecule has 2 aromatic rings. The summed E-state index contributed by atoms with van der Waals surface area (Å²) in [5, 5.41) is 7.05. The van der Waals surface area contributed by atoms with Gasteiger partial charge in [-0.15, -0.1) is 0 Å². The number of thiophene rings is 1. The summed E-state index contributed by atoms with van der Waals surface area (Å²) in [6.45, 7) is 2.90. The normalized spacial score (nSPS) is 20.3. The van der Waals surface area contributed by atoms with E-state index in [0.29, 0.717) is 12.0 Å². The number of carbonyl (C=O) groups excluding carboxylic acids is 1. The third-order valence-corrected chi connectivity index (χ3v) is 4.60. The maximum atomic E-state index is 12.4. The second kappa shape index (κ2) is 6.32. The maximum absolute atomic E-state index is 12.4. The molecule has 1 N–H and O–H groups in total. The molecule has 0 aliphatic carbocycles. The van der Waals surface area contributed by atoms with Crippen LogP contribution in [0.25, 0.3) is 0 Å². The molecule has 110 valence electrons. The van der Waals surface area contributed by atoms with Gasteiger partial charge in [-0.2, -0.15) is 11.3 Å². The van der Waals surface area contributed by atoms with Crippen LogP contribution in [-0.2, 0) is 4.79 Å². The lowest BCUT2D eigenvalue weighted by Crippen LogP contribution is -2.41. The van der Waals surface area contributed by atoms with E-state index in [-0.39, 0.29) is 11.9 Å². The van der Waals surface area contributed by atoms with E-state index in [1.165, 1.54) is 5.56 Å². The van der Waals surface area contributed by atoms with Crippen LogP contribution in [0.2, 0.25) is 0 Å². The number of rotatable bonds is 4. The quantitative estimate of drug-likeness (QED) is 0.943. The van der Waals surface area contributed by atoms with Crippen molar-refractivity contribution in [3.8, 4) is 0 Å². The second-order valence-electron chi connectivity index (χ2n) is 5.19. The summed E-state index contributed by atoms with van der Waals surface area (Å²) in [4.78, 5) is 22.7. The van der Waals surface area contributed by atoms with Crippen molar-refractivity contribution in [1.82, 2.24) is 14.9 Å². The third-order valence-electron chi connectivity index (χ3n) is 3.90. The van der Waals surface area contributed by atoms with Crippen molar-refractivity contribution in [2.45, 2.75) is 31.8 Å². The lowest BCUT2D eigenvalue weighted by molar-refractivity contribution is -0.121. The fourth-order valence-corrected chi connectivity index (χ4v) is 3.51. The van der Waals surface area contributed by atoms with E-state index in [2.05, 4.69) is 37.0 Å². The summed E-state index contributed by atoms with van der Waals surface area (Å²) in [5.41, 5.74) is 1.31. The minimum Gasteiger partial charge on any atom is -0.293 e. The molecule has 0 spiro atoms. The molecular formula is C15H18N4OS. The van der Waals surface area contributed by atoms with E-state index in [0.717, 1.165) is 19.4 Å². The van der Waals surface area contributed by atoms with Gasteiger partial charge in [-0.1, -0.05) is 0 Å². The summed E-state index contributed by atoms with van der Waals surface area (Å²) in [6.07, 6.45) is 5.48. The van der Waals surface area contributed by atoms with E-state index in [1.807, 2.05) is 6.92 Å². The Morgan fingerprint density at radius 2 is 2.29 bits per heavy atom. The average Bonchev–Trinajstić information content (AvgIpc) is 3.18. The molecule has 0 bridgehead atoms. The molecule has 0 unspecified atom stereocenters. The lowest BCUT2D eigenvalue weighted by Gasteiger charge is -2.29. The highest BCUT2D eigenvalue weighted by Gasteiger charge is 2.33. The SMILES string of the molecule is C[C@H](C(=O)Nc1ncccn1)N1CCC[C@@H]1c1ccsc1. The zero-order chi connectivity index (χ0) is 14.7. The Labute approximate surface area is 128 Å². The molecule has 5 nitrogen and oxygen atoms in total.